The van der Waals surface area contributed by atoms with Crippen LogP contribution in [0.2, 0.25) is 5.02 Å². The molecule has 0 fully saturated rings. The molecule has 0 unspecified atom stereocenters. The summed E-state index contributed by atoms with van der Waals surface area (Å²) in [5.74, 6) is -0.963. The molecule has 1 heterocycles. The van der Waals surface area contributed by atoms with Gasteiger partial charge in [0.1, 0.15) is 16.4 Å². The maximum absolute atomic E-state index is 12.4. The van der Waals surface area contributed by atoms with Crippen LogP contribution in [0.25, 0.3) is 6.08 Å². The van der Waals surface area contributed by atoms with Crippen molar-refractivity contribution in [2.24, 2.45) is 4.99 Å². The van der Waals surface area contributed by atoms with E-state index >= 15 is 0 Å². The van der Waals surface area contributed by atoms with Crippen LogP contribution in [0.4, 0.5) is 11.4 Å². The van der Waals surface area contributed by atoms with E-state index in [0.717, 1.165) is 11.8 Å². The number of halogens is 1. The molecular formula is C20H15ClN2O5S. The first kappa shape index (κ1) is 20.6. The lowest BCUT2D eigenvalue weighted by Crippen LogP contribution is -2.12. The predicted octanol–water partition coefficient (Wildman–Crippen LogP) is 5.44. The molecule has 0 saturated carbocycles. The van der Waals surface area contributed by atoms with E-state index in [0.29, 0.717) is 21.2 Å². The SMILES string of the molecule is CCOC(=O)C1=C(O)C(=Cc2ccccc2Cl)SC1=Nc1ccc([N+](=O)[O-])cc1. The Morgan fingerprint density at radius 3 is 2.59 bits per heavy atom. The van der Waals surface area contributed by atoms with Gasteiger partial charge in [-0.1, -0.05) is 41.6 Å². The fourth-order valence-electron chi connectivity index (χ4n) is 2.49. The number of ether oxygens (including phenoxy) is 1. The van der Waals surface area contributed by atoms with Crippen molar-refractivity contribution in [2.75, 3.05) is 6.61 Å². The second-order valence-electron chi connectivity index (χ2n) is 5.77. The van der Waals surface area contributed by atoms with Crippen molar-refractivity contribution in [3.8, 4) is 0 Å². The van der Waals surface area contributed by atoms with Crippen molar-refractivity contribution in [2.45, 2.75) is 6.92 Å². The summed E-state index contributed by atoms with van der Waals surface area (Å²) in [7, 11) is 0. The highest BCUT2D eigenvalue weighted by atomic mass is 35.5. The normalized spacial score (nSPS) is 16.5. The minimum atomic E-state index is -0.708. The molecule has 1 aliphatic rings. The number of aliphatic imine (C=N–C) groups is 1. The largest absolute Gasteiger partial charge is 0.506 e. The summed E-state index contributed by atoms with van der Waals surface area (Å²) in [6, 6.07) is 12.6. The Morgan fingerprint density at radius 2 is 1.97 bits per heavy atom. The van der Waals surface area contributed by atoms with E-state index in [1.165, 1.54) is 24.3 Å². The topological polar surface area (TPSA) is 102 Å². The number of carbonyl (C=O) groups is 1. The number of non-ortho nitro benzene ring substituents is 1. The van der Waals surface area contributed by atoms with Crippen molar-refractivity contribution >= 4 is 51.8 Å². The number of hydrogen-bond acceptors (Lipinski definition) is 7. The number of esters is 1. The van der Waals surface area contributed by atoms with Gasteiger partial charge in [0.2, 0.25) is 0 Å². The molecule has 3 rings (SSSR count). The van der Waals surface area contributed by atoms with E-state index in [-0.39, 0.29) is 28.7 Å². The van der Waals surface area contributed by atoms with E-state index in [1.54, 1.807) is 37.3 Å². The van der Waals surface area contributed by atoms with Crippen molar-refractivity contribution in [3.05, 3.63) is 85.5 Å². The molecule has 2 aromatic carbocycles. The van der Waals surface area contributed by atoms with Crippen LogP contribution in [0, 0.1) is 10.1 Å². The van der Waals surface area contributed by atoms with Gasteiger partial charge in [0, 0.05) is 17.2 Å². The van der Waals surface area contributed by atoms with Crippen molar-refractivity contribution < 1.29 is 19.6 Å². The molecule has 0 amide bonds. The second-order valence-corrected chi connectivity index (χ2v) is 7.20. The molecule has 0 spiro atoms. The maximum Gasteiger partial charge on any atom is 0.344 e. The highest BCUT2D eigenvalue weighted by Crippen LogP contribution is 2.40. The van der Waals surface area contributed by atoms with Gasteiger partial charge < -0.3 is 9.84 Å². The minimum absolute atomic E-state index is 0.0616. The highest BCUT2D eigenvalue weighted by molar-refractivity contribution is 8.18. The highest BCUT2D eigenvalue weighted by Gasteiger charge is 2.33. The molecule has 29 heavy (non-hydrogen) atoms. The number of nitro groups is 1. The van der Waals surface area contributed by atoms with E-state index in [9.17, 15) is 20.0 Å². The molecule has 9 heteroatoms. The second kappa shape index (κ2) is 8.93. The van der Waals surface area contributed by atoms with Crippen LogP contribution >= 0.6 is 23.4 Å². The summed E-state index contributed by atoms with van der Waals surface area (Å²) < 4.78 is 5.04. The van der Waals surface area contributed by atoms with Crippen LogP contribution in [0.3, 0.4) is 0 Å². The molecule has 7 nitrogen and oxygen atoms in total. The Kier molecular flexibility index (Phi) is 6.36. The van der Waals surface area contributed by atoms with Crippen LogP contribution < -0.4 is 0 Å². The number of aliphatic hydroxyl groups is 1. The zero-order valence-electron chi connectivity index (χ0n) is 15.2. The van der Waals surface area contributed by atoms with Gasteiger partial charge in [0.05, 0.1) is 22.1 Å². The molecule has 148 valence electrons. The number of nitro benzene ring substituents is 1. The lowest BCUT2D eigenvalue weighted by molar-refractivity contribution is -0.384. The zero-order chi connectivity index (χ0) is 21.0. The third-order valence-corrected chi connectivity index (χ3v) is 5.22. The van der Waals surface area contributed by atoms with Gasteiger partial charge in [-0.3, -0.25) is 10.1 Å². The molecule has 0 aromatic heterocycles. The van der Waals surface area contributed by atoms with Gasteiger partial charge in [0.15, 0.2) is 0 Å². The number of aliphatic hydroxyl groups excluding tert-OH is 1. The molecule has 0 bridgehead atoms. The Bertz CT molecular complexity index is 1060. The number of hydrogen-bond donors (Lipinski definition) is 1. The molecule has 0 atom stereocenters. The number of rotatable bonds is 5. The molecule has 0 saturated heterocycles. The number of thioether (sulfide) groups is 1. The standard InChI is InChI=1S/C20H15ClN2O5S/c1-2-28-20(25)17-18(24)16(11-12-5-3-4-6-15(12)21)29-19(17)22-13-7-9-14(10-8-13)23(26)27/h3-11,24H,2H2,1H3. The lowest BCUT2D eigenvalue weighted by atomic mass is 10.1. The third kappa shape index (κ3) is 4.67. The summed E-state index contributed by atoms with van der Waals surface area (Å²) in [4.78, 5) is 27.4. The van der Waals surface area contributed by atoms with E-state index in [4.69, 9.17) is 16.3 Å². The monoisotopic (exact) mass is 430 g/mol. The van der Waals surface area contributed by atoms with Crippen molar-refractivity contribution in [1.29, 1.82) is 0 Å². The third-order valence-electron chi connectivity index (χ3n) is 3.85. The first-order valence-corrected chi connectivity index (χ1v) is 9.68. The van der Waals surface area contributed by atoms with Gasteiger partial charge >= 0.3 is 5.97 Å². The average molecular weight is 431 g/mol. The summed E-state index contributed by atoms with van der Waals surface area (Å²) in [5, 5.41) is 22.2. The fourth-order valence-corrected chi connectivity index (χ4v) is 3.71. The van der Waals surface area contributed by atoms with Crippen molar-refractivity contribution in [1.82, 2.24) is 0 Å². The predicted molar refractivity (Wildman–Crippen MR) is 113 cm³/mol. The van der Waals surface area contributed by atoms with Crippen LogP contribution in [0.5, 0.6) is 0 Å². The number of nitrogens with zero attached hydrogens (tertiary/aromatic N) is 2. The van der Waals surface area contributed by atoms with Crippen LogP contribution in [-0.4, -0.2) is 27.6 Å². The molecule has 1 aliphatic heterocycles. The molecule has 1 N–H and O–H groups in total. The van der Waals surface area contributed by atoms with Gasteiger partial charge in [-0.15, -0.1) is 0 Å². The van der Waals surface area contributed by atoms with Gasteiger partial charge in [0.25, 0.3) is 5.69 Å². The van der Waals surface area contributed by atoms with E-state index in [2.05, 4.69) is 4.99 Å². The Hall–Kier alpha value is -3.10. The first-order valence-electron chi connectivity index (χ1n) is 8.49. The van der Waals surface area contributed by atoms with Gasteiger partial charge in [-0.05, 0) is 36.8 Å². The summed E-state index contributed by atoms with van der Waals surface area (Å²) in [6.07, 6.45) is 1.65. The maximum atomic E-state index is 12.4. The van der Waals surface area contributed by atoms with Gasteiger partial charge in [-0.2, -0.15) is 0 Å². The Labute approximate surface area is 175 Å². The molecular weight excluding hydrogens is 416 g/mol. The molecule has 0 aliphatic carbocycles. The van der Waals surface area contributed by atoms with E-state index < -0.39 is 10.9 Å². The lowest BCUT2D eigenvalue weighted by Gasteiger charge is -2.03. The van der Waals surface area contributed by atoms with Crippen LogP contribution in [-0.2, 0) is 9.53 Å². The van der Waals surface area contributed by atoms with Crippen LogP contribution in [0.15, 0.2) is 69.8 Å². The van der Waals surface area contributed by atoms with Gasteiger partial charge in [-0.25, -0.2) is 9.79 Å². The Morgan fingerprint density at radius 1 is 1.28 bits per heavy atom. The average Bonchev–Trinajstić information content (AvgIpc) is 2.99. The van der Waals surface area contributed by atoms with Crippen molar-refractivity contribution in [3.63, 3.8) is 0 Å². The minimum Gasteiger partial charge on any atom is -0.506 e. The Balaban J connectivity index is 2.03. The summed E-state index contributed by atoms with van der Waals surface area (Å²) >= 11 is 7.26. The van der Waals surface area contributed by atoms with E-state index in [1.807, 2.05) is 0 Å². The zero-order valence-corrected chi connectivity index (χ0v) is 16.7. The first-order chi connectivity index (χ1) is 13.9. The summed E-state index contributed by atoms with van der Waals surface area (Å²) in [6.45, 7) is 1.79. The fraction of sp³-hybridized carbons (Fsp3) is 0.100. The molecule has 2 aromatic rings. The molecule has 0 radical (unpaired) electrons. The van der Waals surface area contributed by atoms with Crippen LogP contribution in [0.1, 0.15) is 12.5 Å². The number of benzene rings is 2. The smallest absolute Gasteiger partial charge is 0.344 e. The quantitative estimate of drug-likeness (QED) is 0.385. The number of carbonyl (C=O) groups excluding carboxylic acids is 1. The summed E-state index contributed by atoms with van der Waals surface area (Å²) in [5.41, 5.74) is 0.930.